The van der Waals surface area contributed by atoms with E-state index in [4.69, 9.17) is 27.9 Å². The van der Waals surface area contributed by atoms with Gasteiger partial charge in [-0.25, -0.2) is 0 Å². The van der Waals surface area contributed by atoms with Gasteiger partial charge in [-0.1, -0.05) is 23.2 Å². The monoisotopic (exact) mass is 261 g/mol. The summed E-state index contributed by atoms with van der Waals surface area (Å²) >= 11 is 11.6. The van der Waals surface area contributed by atoms with Gasteiger partial charge in [-0.3, -0.25) is 0 Å². The van der Waals surface area contributed by atoms with E-state index in [-0.39, 0.29) is 5.60 Å². The molecule has 0 radical (unpaired) electrons. The first-order chi connectivity index (χ1) is 7.59. The van der Waals surface area contributed by atoms with Crippen molar-refractivity contribution in [1.29, 1.82) is 0 Å². The predicted molar refractivity (Wildman–Crippen MR) is 64.1 cm³/mol. The lowest BCUT2D eigenvalue weighted by Crippen LogP contribution is -2.32. The van der Waals surface area contributed by atoms with E-state index in [2.05, 4.69) is 22.4 Å². The molecule has 1 aromatic heterocycles. The molecule has 88 valence electrons. The highest BCUT2D eigenvalue weighted by Gasteiger charge is 2.29. The van der Waals surface area contributed by atoms with Gasteiger partial charge in [0.15, 0.2) is 10.3 Å². The number of ether oxygens (including phenoxy) is 1. The fraction of sp³-hybridized carbons (Fsp3) is 0.600. The molecule has 1 aliphatic heterocycles. The largest absolute Gasteiger partial charge is 0.380 e. The third-order valence-corrected chi connectivity index (χ3v) is 3.14. The summed E-state index contributed by atoms with van der Waals surface area (Å²) in [6, 6.07) is 1.66. The maximum Gasteiger partial charge on any atom is 0.174 e. The van der Waals surface area contributed by atoms with Gasteiger partial charge in [0.2, 0.25) is 0 Å². The van der Waals surface area contributed by atoms with Crippen molar-refractivity contribution in [3.63, 3.8) is 0 Å². The maximum atomic E-state index is 5.89. The third kappa shape index (κ3) is 2.75. The first-order valence-electron chi connectivity index (χ1n) is 5.16. The SMILES string of the molecule is CC1(CNc2cc(Cl)nnc2Cl)CCCO1. The molecule has 1 saturated heterocycles. The molecule has 2 heterocycles. The number of hydrogen-bond donors (Lipinski definition) is 1. The van der Waals surface area contributed by atoms with Gasteiger partial charge >= 0.3 is 0 Å². The molecule has 0 amide bonds. The van der Waals surface area contributed by atoms with Gasteiger partial charge in [-0.2, -0.15) is 0 Å². The van der Waals surface area contributed by atoms with Crippen LogP contribution in [0.3, 0.4) is 0 Å². The van der Waals surface area contributed by atoms with Crippen molar-refractivity contribution in [1.82, 2.24) is 10.2 Å². The second-order valence-corrected chi connectivity index (χ2v) is 4.87. The molecule has 0 bridgehead atoms. The van der Waals surface area contributed by atoms with Crippen LogP contribution in [0.2, 0.25) is 10.3 Å². The molecule has 0 aliphatic carbocycles. The quantitative estimate of drug-likeness (QED) is 0.909. The van der Waals surface area contributed by atoms with Crippen molar-refractivity contribution in [2.24, 2.45) is 0 Å². The Kier molecular flexibility index (Phi) is 3.52. The number of hydrogen-bond acceptors (Lipinski definition) is 4. The summed E-state index contributed by atoms with van der Waals surface area (Å²) in [4.78, 5) is 0. The van der Waals surface area contributed by atoms with E-state index in [0.29, 0.717) is 22.5 Å². The van der Waals surface area contributed by atoms with Crippen molar-refractivity contribution in [3.05, 3.63) is 16.4 Å². The summed E-state index contributed by atoms with van der Waals surface area (Å²) in [5.74, 6) is 0. The van der Waals surface area contributed by atoms with Crippen LogP contribution in [0.15, 0.2) is 6.07 Å². The second kappa shape index (κ2) is 4.73. The maximum absolute atomic E-state index is 5.89. The smallest absolute Gasteiger partial charge is 0.174 e. The molecule has 16 heavy (non-hydrogen) atoms. The number of nitrogens with zero attached hydrogens (tertiary/aromatic N) is 2. The molecule has 0 saturated carbocycles. The van der Waals surface area contributed by atoms with Crippen LogP contribution < -0.4 is 5.32 Å². The summed E-state index contributed by atoms with van der Waals surface area (Å²) in [5, 5.41) is 11.2. The zero-order valence-corrected chi connectivity index (χ0v) is 10.5. The number of rotatable bonds is 3. The van der Waals surface area contributed by atoms with Gasteiger partial charge in [0.05, 0.1) is 11.3 Å². The molecule has 4 nitrogen and oxygen atoms in total. The van der Waals surface area contributed by atoms with Gasteiger partial charge in [0, 0.05) is 19.2 Å². The minimum Gasteiger partial charge on any atom is -0.380 e. The Labute approximate surface area is 104 Å². The minimum atomic E-state index is -0.126. The van der Waals surface area contributed by atoms with Crippen LogP contribution in [0.5, 0.6) is 0 Å². The molecule has 6 heteroatoms. The summed E-state index contributed by atoms with van der Waals surface area (Å²) in [6.07, 6.45) is 2.14. The van der Waals surface area contributed by atoms with E-state index in [1.807, 2.05) is 0 Å². The average molecular weight is 262 g/mol. The Morgan fingerprint density at radius 2 is 2.31 bits per heavy atom. The van der Waals surface area contributed by atoms with E-state index < -0.39 is 0 Å². The molecule has 1 aliphatic rings. The number of nitrogens with one attached hydrogen (secondary N) is 1. The van der Waals surface area contributed by atoms with Crippen LogP contribution in [0.1, 0.15) is 19.8 Å². The molecule has 1 fully saturated rings. The second-order valence-electron chi connectivity index (χ2n) is 4.13. The molecule has 1 N–H and O–H groups in total. The number of anilines is 1. The lowest BCUT2D eigenvalue weighted by atomic mass is 10.0. The van der Waals surface area contributed by atoms with E-state index in [1.54, 1.807) is 6.07 Å². The van der Waals surface area contributed by atoms with Gasteiger partial charge in [-0.15, -0.1) is 10.2 Å². The molecule has 0 spiro atoms. The van der Waals surface area contributed by atoms with Crippen LogP contribution in [-0.4, -0.2) is 29.0 Å². The standard InChI is InChI=1S/C10H13Cl2N3O/c1-10(3-2-4-16-10)6-13-7-5-8(11)14-15-9(7)12/h5H,2-4,6H2,1H3,(H,13,14). The van der Waals surface area contributed by atoms with E-state index in [9.17, 15) is 0 Å². The first kappa shape index (κ1) is 11.9. The van der Waals surface area contributed by atoms with Crippen molar-refractivity contribution >= 4 is 28.9 Å². The van der Waals surface area contributed by atoms with Crippen molar-refractivity contribution in [3.8, 4) is 0 Å². The Hall–Kier alpha value is -0.580. The predicted octanol–water partition coefficient (Wildman–Crippen LogP) is 2.76. The molecule has 1 atom stereocenters. The molecule has 1 unspecified atom stereocenters. The Morgan fingerprint density at radius 1 is 1.50 bits per heavy atom. The van der Waals surface area contributed by atoms with Crippen LogP contribution >= 0.6 is 23.2 Å². The van der Waals surface area contributed by atoms with Gasteiger partial charge in [-0.05, 0) is 19.8 Å². The molecule has 0 aromatic carbocycles. The zero-order chi connectivity index (χ0) is 11.6. The Balaban J connectivity index is 2.01. The Bertz CT molecular complexity index is 380. The highest BCUT2D eigenvalue weighted by atomic mass is 35.5. The summed E-state index contributed by atoms with van der Waals surface area (Å²) in [7, 11) is 0. The highest BCUT2D eigenvalue weighted by molar-refractivity contribution is 6.33. The minimum absolute atomic E-state index is 0.126. The molecular formula is C10H13Cl2N3O. The topological polar surface area (TPSA) is 47.0 Å². The summed E-state index contributed by atoms with van der Waals surface area (Å²) in [5.41, 5.74) is 0.567. The average Bonchev–Trinajstić information content (AvgIpc) is 2.67. The molecule has 1 aromatic rings. The lowest BCUT2D eigenvalue weighted by molar-refractivity contribution is 0.0315. The highest BCUT2D eigenvalue weighted by Crippen LogP contribution is 2.27. The fourth-order valence-corrected chi connectivity index (χ4v) is 2.04. The van der Waals surface area contributed by atoms with Crippen LogP contribution in [-0.2, 0) is 4.74 Å². The van der Waals surface area contributed by atoms with Crippen LogP contribution in [0.4, 0.5) is 5.69 Å². The molecule has 2 rings (SSSR count). The van der Waals surface area contributed by atoms with Gasteiger partial charge in [0.25, 0.3) is 0 Å². The zero-order valence-electron chi connectivity index (χ0n) is 8.96. The third-order valence-electron chi connectivity index (χ3n) is 2.67. The van der Waals surface area contributed by atoms with E-state index >= 15 is 0 Å². The van der Waals surface area contributed by atoms with Gasteiger partial charge < -0.3 is 10.1 Å². The van der Waals surface area contributed by atoms with Crippen molar-refractivity contribution < 1.29 is 4.74 Å². The van der Waals surface area contributed by atoms with E-state index in [0.717, 1.165) is 19.4 Å². The van der Waals surface area contributed by atoms with Crippen molar-refractivity contribution in [2.45, 2.75) is 25.4 Å². The first-order valence-corrected chi connectivity index (χ1v) is 5.91. The normalized spacial score (nSPS) is 24.7. The van der Waals surface area contributed by atoms with Crippen molar-refractivity contribution in [2.75, 3.05) is 18.5 Å². The number of halogens is 2. The van der Waals surface area contributed by atoms with E-state index in [1.165, 1.54) is 0 Å². The van der Waals surface area contributed by atoms with Crippen LogP contribution in [0, 0.1) is 0 Å². The van der Waals surface area contributed by atoms with Gasteiger partial charge in [0.1, 0.15) is 0 Å². The fourth-order valence-electron chi connectivity index (χ4n) is 1.74. The summed E-state index contributed by atoms with van der Waals surface area (Å²) < 4.78 is 5.66. The summed E-state index contributed by atoms with van der Waals surface area (Å²) in [6.45, 7) is 3.59. The van der Waals surface area contributed by atoms with Crippen LogP contribution in [0.25, 0.3) is 0 Å². The number of aromatic nitrogens is 2. The molecular weight excluding hydrogens is 249 g/mol. The Morgan fingerprint density at radius 3 is 3.00 bits per heavy atom. The lowest BCUT2D eigenvalue weighted by Gasteiger charge is -2.24.